The standard InChI is InChI=1S/C22H21F3N2O3/c1-28-19-9-6-16(13-20(19)30-21-3-2-12-29-21)18-10-11-26-27(18)14-15-4-7-17(8-5-15)22(23,24)25/h4-11,13,21H,2-3,12,14H2,1H3/t21-/m0/s1. The molecule has 0 N–H and O–H groups in total. The Labute approximate surface area is 172 Å². The summed E-state index contributed by atoms with van der Waals surface area (Å²) in [5.74, 6) is 1.17. The molecular weight excluding hydrogens is 397 g/mol. The van der Waals surface area contributed by atoms with Gasteiger partial charge in [-0.15, -0.1) is 0 Å². The van der Waals surface area contributed by atoms with Crippen LogP contribution < -0.4 is 9.47 Å². The van der Waals surface area contributed by atoms with Crippen molar-refractivity contribution in [1.82, 2.24) is 9.78 Å². The Bertz CT molecular complexity index is 994. The molecule has 1 atom stereocenters. The summed E-state index contributed by atoms with van der Waals surface area (Å²) >= 11 is 0. The van der Waals surface area contributed by atoms with Crippen LogP contribution in [0, 0.1) is 0 Å². The smallest absolute Gasteiger partial charge is 0.416 e. The summed E-state index contributed by atoms with van der Waals surface area (Å²) in [6, 6.07) is 12.5. The van der Waals surface area contributed by atoms with Crippen molar-refractivity contribution < 1.29 is 27.4 Å². The summed E-state index contributed by atoms with van der Waals surface area (Å²) in [6.07, 6.45) is -1.22. The normalized spacial score (nSPS) is 16.6. The molecule has 1 aliphatic rings. The number of hydrogen-bond donors (Lipinski definition) is 0. The van der Waals surface area contributed by atoms with E-state index in [1.54, 1.807) is 18.0 Å². The molecule has 0 radical (unpaired) electrons. The molecule has 1 aromatic heterocycles. The van der Waals surface area contributed by atoms with Gasteiger partial charge in [-0.25, -0.2) is 0 Å². The highest BCUT2D eigenvalue weighted by Gasteiger charge is 2.30. The highest BCUT2D eigenvalue weighted by atomic mass is 19.4. The van der Waals surface area contributed by atoms with Crippen LogP contribution in [0.3, 0.4) is 0 Å². The maximum atomic E-state index is 12.8. The molecule has 2 heterocycles. The quantitative estimate of drug-likeness (QED) is 0.556. The van der Waals surface area contributed by atoms with Gasteiger partial charge in [0.25, 0.3) is 0 Å². The number of aromatic nitrogens is 2. The lowest BCUT2D eigenvalue weighted by Crippen LogP contribution is -2.14. The van der Waals surface area contributed by atoms with Gasteiger partial charge in [0.05, 0.1) is 31.5 Å². The fraction of sp³-hybridized carbons (Fsp3) is 0.318. The highest BCUT2D eigenvalue weighted by Crippen LogP contribution is 2.35. The van der Waals surface area contributed by atoms with Crippen molar-refractivity contribution >= 4 is 0 Å². The Morgan fingerprint density at radius 1 is 1.10 bits per heavy atom. The predicted molar refractivity (Wildman–Crippen MR) is 104 cm³/mol. The topological polar surface area (TPSA) is 45.5 Å². The SMILES string of the molecule is COc1ccc(-c2ccnn2Cc2ccc(C(F)(F)F)cc2)cc1O[C@H]1CCCO1. The summed E-state index contributed by atoms with van der Waals surface area (Å²) in [7, 11) is 1.58. The Kier molecular flexibility index (Phi) is 5.67. The van der Waals surface area contributed by atoms with E-state index in [0.29, 0.717) is 24.7 Å². The van der Waals surface area contributed by atoms with Gasteiger partial charge in [0, 0.05) is 18.2 Å². The Morgan fingerprint density at radius 2 is 1.90 bits per heavy atom. The predicted octanol–water partition coefficient (Wildman–Crippen LogP) is 5.14. The van der Waals surface area contributed by atoms with Gasteiger partial charge in [-0.2, -0.15) is 18.3 Å². The van der Waals surface area contributed by atoms with Crippen molar-refractivity contribution in [2.75, 3.05) is 13.7 Å². The third-order valence-corrected chi connectivity index (χ3v) is 4.94. The molecule has 5 nitrogen and oxygen atoms in total. The number of hydrogen-bond acceptors (Lipinski definition) is 4. The monoisotopic (exact) mass is 418 g/mol. The van der Waals surface area contributed by atoms with Crippen molar-refractivity contribution in [2.24, 2.45) is 0 Å². The first-order valence-electron chi connectivity index (χ1n) is 9.58. The molecule has 8 heteroatoms. The molecule has 30 heavy (non-hydrogen) atoms. The molecule has 0 aliphatic carbocycles. The molecule has 1 aliphatic heterocycles. The summed E-state index contributed by atoms with van der Waals surface area (Å²) in [5, 5.41) is 4.33. The second kappa shape index (κ2) is 8.39. The third-order valence-electron chi connectivity index (χ3n) is 4.94. The summed E-state index contributed by atoms with van der Waals surface area (Å²) in [6.45, 7) is 1.01. The molecule has 0 saturated carbocycles. The van der Waals surface area contributed by atoms with Gasteiger partial charge >= 0.3 is 6.18 Å². The minimum atomic E-state index is -4.35. The van der Waals surface area contributed by atoms with Crippen LogP contribution in [0.2, 0.25) is 0 Å². The largest absolute Gasteiger partial charge is 0.493 e. The lowest BCUT2D eigenvalue weighted by Gasteiger charge is -2.17. The molecule has 0 unspecified atom stereocenters. The first-order valence-corrected chi connectivity index (χ1v) is 9.58. The molecule has 1 saturated heterocycles. The maximum Gasteiger partial charge on any atom is 0.416 e. The first kappa shape index (κ1) is 20.3. The van der Waals surface area contributed by atoms with Crippen LogP contribution >= 0.6 is 0 Å². The van der Waals surface area contributed by atoms with Crippen LogP contribution in [0.1, 0.15) is 24.0 Å². The van der Waals surface area contributed by atoms with Gasteiger partial charge in [0.15, 0.2) is 17.8 Å². The number of ether oxygens (including phenoxy) is 3. The van der Waals surface area contributed by atoms with Crippen LogP contribution in [0.5, 0.6) is 11.5 Å². The zero-order chi connectivity index (χ0) is 21.1. The summed E-state index contributed by atoms with van der Waals surface area (Å²) < 4.78 is 57.0. The number of halogens is 3. The average molecular weight is 418 g/mol. The summed E-state index contributed by atoms with van der Waals surface area (Å²) in [4.78, 5) is 0. The third kappa shape index (κ3) is 4.43. The molecule has 0 bridgehead atoms. The van der Waals surface area contributed by atoms with Crippen LogP contribution in [0.25, 0.3) is 11.3 Å². The number of methoxy groups -OCH3 is 1. The summed E-state index contributed by atoms with van der Waals surface area (Å²) in [5.41, 5.74) is 1.72. The number of nitrogens with zero attached hydrogens (tertiary/aromatic N) is 2. The van der Waals surface area contributed by atoms with E-state index in [-0.39, 0.29) is 6.29 Å². The fourth-order valence-electron chi connectivity index (χ4n) is 3.39. The van der Waals surface area contributed by atoms with Gasteiger partial charge in [0.1, 0.15) is 0 Å². The zero-order valence-corrected chi connectivity index (χ0v) is 16.4. The average Bonchev–Trinajstić information content (AvgIpc) is 3.40. The Hall–Kier alpha value is -3.00. The minimum Gasteiger partial charge on any atom is -0.493 e. The van der Waals surface area contributed by atoms with Crippen LogP contribution in [-0.4, -0.2) is 29.8 Å². The van der Waals surface area contributed by atoms with Crippen molar-refractivity contribution in [3.05, 3.63) is 65.9 Å². The molecule has 2 aromatic carbocycles. The highest BCUT2D eigenvalue weighted by molar-refractivity contribution is 5.64. The van der Waals surface area contributed by atoms with Gasteiger partial charge in [-0.1, -0.05) is 12.1 Å². The van der Waals surface area contributed by atoms with Crippen molar-refractivity contribution in [1.29, 1.82) is 0 Å². The fourth-order valence-corrected chi connectivity index (χ4v) is 3.39. The molecular formula is C22H21F3N2O3. The van der Waals surface area contributed by atoms with Gasteiger partial charge in [0.2, 0.25) is 0 Å². The van der Waals surface area contributed by atoms with Gasteiger partial charge < -0.3 is 14.2 Å². The van der Waals surface area contributed by atoms with Crippen LogP contribution in [0.15, 0.2) is 54.7 Å². The van der Waals surface area contributed by atoms with Crippen molar-refractivity contribution in [3.63, 3.8) is 0 Å². The molecule has 158 valence electrons. The molecule has 4 rings (SSSR count). The Balaban J connectivity index is 1.58. The lowest BCUT2D eigenvalue weighted by atomic mass is 10.1. The van der Waals surface area contributed by atoms with E-state index in [1.165, 1.54) is 12.1 Å². The number of alkyl halides is 3. The molecule has 0 amide bonds. The van der Waals surface area contributed by atoms with E-state index in [9.17, 15) is 13.2 Å². The zero-order valence-electron chi connectivity index (χ0n) is 16.4. The second-order valence-corrected chi connectivity index (χ2v) is 6.99. The van der Waals surface area contributed by atoms with E-state index in [4.69, 9.17) is 14.2 Å². The van der Waals surface area contributed by atoms with E-state index in [1.807, 2.05) is 24.3 Å². The van der Waals surface area contributed by atoms with Crippen molar-refractivity contribution in [3.8, 4) is 22.8 Å². The van der Waals surface area contributed by atoms with E-state index >= 15 is 0 Å². The van der Waals surface area contributed by atoms with Gasteiger partial charge in [-0.05, 0) is 48.4 Å². The number of rotatable bonds is 6. The first-order chi connectivity index (χ1) is 14.4. The minimum absolute atomic E-state index is 0.300. The maximum absolute atomic E-state index is 12.8. The van der Waals surface area contributed by atoms with E-state index in [0.717, 1.165) is 41.8 Å². The van der Waals surface area contributed by atoms with E-state index in [2.05, 4.69) is 5.10 Å². The lowest BCUT2D eigenvalue weighted by molar-refractivity contribution is -0.137. The molecule has 3 aromatic rings. The van der Waals surface area contributed by atoms with Gasteiger partial charge in [-0.3, -0.25) is 4.68 Å². The van der Waals surface area contributed by atoms with Crippen LogP contribution in [0.4, 0.5) is 13.2 Å². The van der Waals surface area contributed by atoms with Crippen LogP contribution in [-0.2, 0) is 17.5 Å². The number of benzene rings is 2. The Morgan fingerprint density at radius 3 is 2.57 bits per heavy atom. The van der Waals surface area contributed by atoms with E-state index < -0.39 is 11.7 Å². The second-order valence-electron chi connectivity index (χ2n) is 6.99. The molecule has 0 spiro atoms. The van der Waals surface area contributed by atoms with Crippen molar-refractivity contribution in [2.45, 2.75) is 31.9 Å². The molecule has 1 fully saturated rings.